The molecular formula is C24H20ClFN8O2. The summed E-state index contributed by atoms with van der Waals surface area (Å²) in [6.07, 6.45) is 5.27. The van der Waals surface area contributed by atoms with E-state index in [1.807, 2.05) is 19.1 Å². The summed E-state index contributed by atoms with van der Waals surface area (Å²) in [5, 5.41) is 21.7. The molecule has 3 atom stereocenters. The standard InChI is InChI=1S/C24H20ClFN8O2/c1-12-6-20(24(36)29-15-2-4-17-14(7-15)10-27-30-17)34-19(12)8-13(9-21(34)35)22-18(33-11-28-31-32-33)5-3-16(25)23(22)26/h2-5,7,9-12,19-20H,6,8H2,1H3,(H,27,30)(H,29,36)/t12?,19?,20-/m0/s1. The van der Waals surface area contributed by atoms with Crippen LogP contribution in [0.4, 0.5) is 10.1 Å². The van der Waals surface area contributed by atoms with Crippen molar-refractivity contribution in [1.82, 2.24) is 35.3 Å². The first-order valence-corrected chi connectivity index (χ1v) is 11.8. The summed E-state index contributed by atoms with van der Waals surface area (Å²) in [4.78, 5) is 28.2. The number of nitrogens with one attached hydrogen (secondary N) is 2. The minimum Gasteiger partial charge on any atom is -0.324 e. The number of H-pyrrole nitrogens is 1. The van der Waals surface area contributed by atoms with Gasteiger partial charge in [-0.15, -0.1) is 5.10 Å². The Kier molecular flexibility index (Phi) is 5.29. The average molecular weight is 507 g/mol. The van der Waals surface area contributed by atoms with E-state index in [0.717, 1.165) is 10.9 Å². The molecule has 182 valence electrons. The smallest absolute Gasteiger partial charge is 0.247 e. The molecule has 12 heteroatoms. The van der Waals surface area contributed by atoms with Gasteiger partial charge in [0.25, 0.3) is 0 Å². The molecule has 2 aliphatic heterocycles. The number of benzene rings is 2. The Morgan fingerprint density at radius 2 is 2.14 bits per heavy atom. The predicted molar refractivity (Wildman–Crippen MR) is 130 cm³/mol. The van der Waals surface area contributed by atoms with Gasteiger partial charge in [0, 0.05) is 28.8 Å². The number of carbonyl (C=O) groups is 2. The van der Waals surface area contributed by atoms with E-state index in [9.17, 15) is 9.59 Å². The summed E-state index contributed by atoms with van der Waals surface area (Å²) in [5.74, 6) is -1.24. The van der Waals surface area contributed by atoms with Gasteiger partial charge >= 0.3 is 0 Å². The Balaban J connectivity index is 1.31. The van der Waals surface area contributed by atoms with Gasteiger partial charge in [0.05, 0.1) is 22.4 Å². The first kappa shape index (κ1) is 22.4. The van der Waals surface area contributed by atoms with Crippen molar-refractivity contribution in [3.05, 3.63) is 65.3 Å². The van der Waals surface area contributed by atoms with Crippen LogP contribution in [-0.2, 0) is 9.59 Å². The summed E-state index contributed by atoms with van der Waals surface area (Å²) in [7, 11) is 0. The zero-order valence-corrected chi connectivity index (χ0v) is 19.8. The highest BCUT2D eigenvalue weighted by Gasteiger charge is 2.47. The molecule has 1 saturated heterocycles. The van der Waals surface area contributed by atoms with Gasteiger partial charge in [0.15, 0.2) is 5.82 Å². The van der Waals surface area contributed by atoms with Crippen molar-refractivity contribution in [3.63, 3.8) is 0 Å². The van der Waals surface area contributed by atoms with E-state index < -0.39 is 11.9 Å². The van der Waals surface area contributed by atoms with E-state index in [1.54, 1.807) is 23.2 Å². The van der Waals surface area contributed by atoms with E-state index in [2.05, 4.69) is 31.0 Å². The molecule has 2 unspecified atom stereocenters. The highest BCUT2D eigenvalue weighted by Crippen LogP contribution is 2.42. The second-order valence-corrected chi connectivity index (χ2v) is 9.49. The Morgan fingerprint density at radius 1 is 1.28 bits per heavy atom. The van der Waals surface area contributed by atoms with Gasteiger partial charge in [-0.25, -0.2) is 4.39 Å². The molecule has 4 aromatic rings. The molecule has 0 bridgehead atoms. The summed E-state index contributed by atoms with van der Waals surface area (Å²) in [5.41, 5.74) is 2.53. The number of halogens is 2. The largest absolute Gasteiger partial charge is 0.324 e. The third kappa shape index (κ3) is 3.63. The molecule has 2 aliphatic rings. The minimum atomic E-state index is -0.647. The van der Waals surface area contributed by atoms with Gasteiger partial charge in [-0.05, 0) is 65.1 Å². The molecule has 1 fully saturated rings. The highest BCUT2D eigenvalue weighted by atomic mass is 35.5. The lowest BCUT2D eigenvalue weighted by Crippen LogP contribution is -2.48. The summed E-state index contributed by atoms with van der Waals surface area (Å²) in [6, 6.07) is 7.57. The van der Waals surface area contributed by atoms with Crippen LogP contribution in [0.2, 0.25) is 5.02 Å². The summed E-state index contributed by atoms with van der Waals surface area (Å²) >= 11 is 6.10. The zero-order chi connectivity index (χ0) is 25.0. The minimum absolute atomic E-state index is 0.0171. The van der Waals surface area contributed by atoms with Crippen molar-refractivity contribution in [2.75, 3.05) is 5.32 Å². The Morgan fingerprint density at radius 3 is 2.94 bits per heavy atom. The number of nitrogens with zero attached hydrogens (tertiary/aromatic N) is 6. The molecule has 2 aromatic carbocycles. The molecular weight excluding hydrogens is 487 g/mol. The molecule has 4 heterocycles. The average Bonchev–Trinajstić information content (AvgIpc) is 3.61. The number of tetrazole rings is 1. The number of hydrogen-bond acceptors (Lipinski definition) is 6. The van der Waals surface area contributed by atoms with Crippen LogP contribution in [-0.4, -0.2) is 59.2 Å². The van der Waals surface area contributed by atoms with Gasteiger partial charge in [0.1, 0.15) is 12.4 Å². The predicted octanol–water partition coefficient (Wildman–Crippen LogP) is 3.36. The molecule has 0 spiro atoms. The van der Waals surface area contributed by atoms with Crippen LogP contribution in [0.1, 0.15) is 25.3 Å². The second kappa shape index (κ2) is 8.52. The van der Waals surface area contributed by atoms with E-state index >= 15 is 4.39 Å². The maximum Gasteiger partial charge on any atom is 0.247 e. The Hall–Kier alpha value is -4.12. The quantitative estimate of drug-likeness (QED) is 0.437. The fourth-order valence-electron chi connectivity index (χ4n) is 5.21. The van der Waals surface area contributed by atoms with E-state index in [-0.39, 0.29) is 34.4 Å². The fraction of sp³-hybridized carbons (Fsp3) is 0.250. The number of rotatable bonds is 4. The number of carbonyl (C=O) groups excluding carboxylic acids is 2. The molecule has 0 radical (unpaired) electrons. The van der Waals surface area contributed by atoms with Gasteiger partial charge in [-0.3, -0.25) is 14.7 Å². The molecule has 2 aromatic heterocycles. The van der Waals surface area contributed by atoms with E-state index in [1.165, 1.54) is 23.2 Å². The monoisotopic (exact) mass is 506 g/mol. The maximum atomic E-state index is 15.3. The van der Waals surface area contributed by atoms with Crippen molar-refractivity contribution >= 4 is 45.6 Å². The van der Waals surface area contributed by atoms with Crippen molar-refractivity contribution < 1.29 is 14.0 Å². The number of amides is 2. The topological polar surface area (TPSA) is 122 Å². The molecule has 2 amide bonds. The molecule has 0 saturated carbocycles. The molecule has 36 heavy (non-hydrogen) atoms. The fourth-order valence-corrected chi connectivity index (χ4v) is 5.37. The molecule has 10 nitrogen and oxygen atoms in total. The van der Waals surface area contributed by atoms with Crippen LogP contribution < -0.4 is 5.32 Å². The van der Waals surface area contributed by atoms with Crippen LogP contribution in [0.25, 0.3) is 22.2 Å². The highest BCUT2D eigenvalue weighted by molar-refractivity contribution is 6.31. The third-order valence-corrected chi connectivity index (χ3v) is 7.22. The second-order valence-electron chi connectivity index (χ2n) is 9.09. The number of hydrogen-bond donors (Lipinski definition) is 2. The van der Waals surface area contributed by atoms with E-state index in [0.29, 0.717) is 29.8 Å². The lowest BCUT2D eigenvalue weighted by atomic mass is 9.88. The molecule has 0 aliphatic carbocycles. The number of anilines is 1. The van der Waals surface area contributed by atoms with Crippen molar-refractivity contribution in [2.45, 2.75) is 31.8 Å². The summed E-state index contributed by atoms with van der Waals surface area (Å²) in [6.45, 7) is 2.00. The number of aromatic nitrogens is 6. The van der Waals surface area contributed by atoms with Crippen LogP contribution in [0.3, 0.4) is 0 Å². The normalized spacial score (nSPS) is 21.5. The Bertz CT molecular complexity index is 1530. The van der Waals surface area contributed by atoms with Gasteiger partial charge in [-0.2, -0.15) is 9.78 Å². The number of aromatic amines is 1. The van der Waals surface area contributed by atoms with Gasteiger partial charge in [-0.1, -0.05) is 18.5 Å². The molecule has 2 N–H and O–H groups in total. The molecule has 6 rings (SSSR count). The number of fused-ring (bicyclic) bond motifs is 2. The van der Waals surface area contributed by atoms with Crippen molar-refractivity contribution in [3.8, 4) is 5.69 Å². The van der Waals surface area contributed by atoms with Crippen LogP contribution >= 0.6 is 11.6 Å². The lowest BCUT2D eigenvalue weighted by molar-refractivity contribution is -0.135. The van der Waals surface area contributed by atoms with Crippen LogP contribution in [0.15, 0.2) is 48.9 Å². The van der Waals surface area contributed by atoms with Crippen molar-refractivity contribution in [1.29, 1.82) is 0 Å². The summed E-state index contributed by atoms with van der Waals surface area (Å²) < 4.78 is 16.6. The first-order chi connectivity index (χ1) is 17.4. The van der Waals surface area contributed by atoms with Crippen LogP contribution in [0, 0.1) is 11.7 Å². The van der Waals surface area contributed by atoms with Gasteiger partial charge in [0.2, 0.25) is 11.8 Å². The SMILES string of the molecule is CC1C[C@@H](C(=O)Nc2ccc3[nH]ncc3c2)N2C(=O)C=C(c3c(-n4cnnn4)ccc(Cl)c3F)CC12. The zero-order valence-electron chi connectivity index (χ0n) is 19.0. The van der Waals surface area contributed by atoms with E-state index in [4.69, 9.17) is 11.6 Å². The van der Waals surface area contributed by atoms with Crippen molar-refractivity contribution in [2.24, 2.45) is 5.92 Å². The third-order valence-electron chi connectivity index (χ3n) is 6.93. The first-order valence-electron chi connectivity index (χ1n) is 11.4. The maximum absolute atomic E-state index is 15.3. The van der Waals surface area contributed by atoms with Gasteiger partial charge < -0.3 is 10.2 Å². The Labute approximate surface area is 209 Å². The van der Waals surface area contributed by atoms with Crippen LogP contribution in [0.5, 0.6) is 0 Å². The lowest BCUT2D eigenvalue weighted by Gasteiger charge is -2.34.